The van der Waals surface area contributed by atoms with Crippen LogP contribution in [0, 0.1) is 0 Å². The van der Waals surface area contributed by atoms with Gasteiger partial charge in [-0.2, -0.15) is 0 Å². The van der Waals surface area contributed by atoms with Crippen LogP contribution in [0.5, 0.6) is 0 Å². The summed E-state index contributed by atoms with van der Waals surface area (Å²) in [6, 6.07) is 3.29. The normalized spacial score (nSPS) is 21.2. The Bertz CT molecular complexity index is 431. The number of carbonyl (C=O) groups is 1. The molecule has 1 heterocycles. The van der Waals surface area contributed by atoms with E-state index in [1.165, 1.54) is 0 Å². The summed E-state index contributed by atoms with van der Waals surface area (Å²) in [6.07, 6.45) is 0.381. The fourth-order valence-corrected chi connectivity index (χ4v) is 2.48. The van der Waals surface area contributed by atoms with Gasteiger partial charge in [0.05, 0.1) is 22.8 Å². The molecule has 0 aromatic heterocycles. The SMILES string of the molecule is O=C1CCOC(c2c(Cl)ccc(Cl)c2Cl)C1. The third-order valence-electron chi connectivity index (χ3n) is 2.51. The van der Waals surface area contributed by atoms with E-state index in [0.29, 0.717) is 40.1 Å². The molecule has 2 rings (SSSR count). The third kappa shape index (κ3) is 2.35. The third-order valence-corrected chi connectivity index (χ3v) is 3.66. The zero-order valence-electron chi connectivity index (χ0n) is 8.30. The standard InChI is InChI=1S/C11H9Cl3O2/c12-7-1-2-8(13)11(14)10(7)9-5-6(15)3-4-16-9/h1-2,9H,3-5H2. The summed E-state index contributed by atoms with van der Waals surface area (Å²) in [5.74, 6) is 0.156. The van der Waals surface area contributed by atoms with Crippen molar-refractivity contribution in [1.82, 2.24) is 0 Å². The average Bonchev–Trinajstić information content (AvgIpc) is 2.24. The predicted octanol–water partition coefficient (Wildman–Crippen LogP) is 4.07. The van der Waals surface area contributed by atoms with Crippen LogP contribution >= 0.6 is 34.8 Å². The van der Waals surface area contributed by atoms with Gasteiger partial charge in [-0.05, 0) is 12.1 Å². The minimum Gasteiger partial charge on any atom is -0.372 e. The van der Waals surface area contributed by atoms with Gasteiger partial charge < -0.3 is 4.74 Å². The van der Waals surface area contributed by atoms with Crippen LogP contribution in [-0.2, 0) is 9.53 Å². The van der Waals surface area contributed by atoms with Gasteiger partial charge in [-0.25, -0.2) is 0 Å². The fraction of sp³-hybridized carbons (Fsp3) is 0.364. The van der Waals surface area contributed by atoms with Gasteiger partial charge in [0.15, 0.2) is 0 Å². The summed E-state index contributed by atoms with van der Waals surface area (Å²) >= 11 is 18.0. The molecule has 0 N–H and O–H groups in total. The smallest absolute Gasteiger partial charge is 0.138 e. The molecule has 0 spiro atoms. The highest BCUT2D eigenvalue weighted by atomic mass is 35.5. The maximum absolute atomic E-state index is 11.4. The van der Waals surface area contributed by atoms with E-state index in [-0.39, 0.29) is 11.9 Å². The van der Waals surface area contributed by atoms with Crippen molar-refractivity contribution in [2.24, 2.45) is 0 Å². The number of hydrogen-bond acceptors (Lipinski definition) is 2. The zero-order chi connectivity index (χ0) is 11.7. The molecule has 1 atom stereocenters. The molecule has 0 aliphatic carbocycles. The number of carbonyl (C=O) groups excluding carboxylic acids is 1. The first-order valence-electron chi connectivity index (χ1n) is 4.86. The van der Waals surface area contributed by atoms with Crippen molar-refractivity contribution in [1.29, 1.82) is 0 Å². The van der Waals surface area contributed by atoms with Gasteiger partial charge in [0.2, 0.25) is 0 Å². The summed E-state index contributed by atoms with van der Waals surface area (Å²) in [4.78, 5) is 11.4. The van der Waals surface area contributed by atoms with Crippen LogP contribution in [0.3, 0.4) is 0 Å². The highest BCUT2D eigenvalue weighted by Gasteiger charge is 2.26. The van der Waals surface area contributed by atoms with Crippen molar-refractivity contribution in [2.45, 2.75) is 18.9 Å². The van der Waals surface area contributed by atoms with Crippen molar-refractivity contribution >= 4 is 40.6 Å². The minimum atomic E-state index is -0.375. The highest BCUT2D eigenvalue weighted by Crippen LogP contribution is 2.39. The van der Waals surface area contributed by atoms with E-state index >= 15 is 0 Å². The maximum Gasteiger partial charge on any atom is 0.138 e. The van der Waals surface area contributed by atoms with Crippen molar-refractivity contribution in [3.05, 3.63) is 32.8 Å². The van der Waals surface area contributed by atoms with E-state index in [9.17, 15) is 4.79 Å². The summed E-state index contributed by atoms with van der Waals surface area (Å²) < 4.78 is 5.50. The minimum absolute atomic E-state index is 0.156. The molecule has 0 amide bonds. The topological polar surface area (TPSA) is 26.3 Å². The Kier molecular flexibility index (Phi) is 3.75. The number of hydrogen-bond donors (Lipinski definition) is 0. The molecule has 1 aromatic rings. The van der Waals surface area contributed by atoms with Gasteiger partial charge in [0.1, 0.15) is 5.78 Å². The van der Waals surface area contributed by atoms with Crippen molar-refractivity contribution in [3.8, 4) is 0 Å². The Morgan fingerprint density at radius 3 is 2.56 bits per heavy atom. The van der Waals surface area contributed by atoms with E-state index < -0.39 is 0 Å². The van der Waals surface area contributed by atoms with E-state index in [1.807, 2.05) is 0 Å². The van der Waals surface area contributed by atoms with Gasteiger partial charge >= 0.3 is 0 Å². The molecule has 2 nitrogen and oxygen atoms in total. The molecular weight excluding hydrogens is 270 g/mol. The Labute approximate surface area is 108 Å². The first-order valence-corrected chi connectivity index (χ1v) is 5.99. The number of benzene rings is 1. The molecule has 1 fully saturated rings. The largest absolute Gasteiger partial charge is 0.372 e. The van der Waals surface area contributed by atoms with Gasteiger partial charge in [0, 0.05) is 23.4 Å². The zero-order valence-corrected chi connectivity index (χ0v) is 10.6. The van der Waals surface area contributed by atoms with Crippen molar-refractivity contribution in [3.63, 3.8) is 0 Å². The van der Waals surface area contributed by atoms with E-state index in [0.717, 1.165) is 0 Å². The second-order valence-corrected chi connectivity index (χ2v) is 4.80. The first-order chi connectivity index (χ1) is 7.59. The molecule has 1 aliphatic rings. The fourth-order valence-electron chi connectivity index (χ4n) is 1.71. The van der Waals surface area contributed by atoms with E-state index in [4.69, 9.17) is 39.5 Å². The lowest BCUT2D eigenvalue weighted by atomic mass is 10.0. The van der Waals surface area contributed by atoms with Crippen LogP contribution in [0.1, 0.15) is 24.5 Å². The Hall–Kier alpha value is -0.280. The summed E-state index contributed by atoms with van der Waals surface area (Å²) in [6.45, 7) is 0.405. The van der Waals surface area contributed by atoms with Gasteiger partial charge in [-0.1, -0.05) is 34.8 Å². The van der Waals surface area contributed by atoms with E-state index in [1.54, 1.807) is 12.1 Å². The van der Waals surface area contributed by atoms with Gasteiger partial charge in [0.25, 0.3) is 0 Å². The first kappa shape index (κ1) is 12.2. The number of ketones is 1. The molecule has 0 radical (unpaired) electrons. The van der Waals surface area contributed by atoms with Crippen LogP contribution in [0.4, 0.5) is 0 Å². The second kappa shape index (κ2) is 4.92. The quantitative estimate of drug-likeness (QED) is 0.724. The number of Topliss-reactive ketones (excluding diaryl/α,β-unsaturated/α-hetero) is 1. The molecule has 1 saturated heterocycles. The molecule has 5 heteroatoms. The van der Waals surface area contributed by atoms with Crippen LogP contribution in [0.15, 0.2) is 12.1 Å². The lowest BCUT2D eigenvalue weighted by Crippen LogP contribution is -2.20. The Balaban J connectivity index is 2.39. The molecule has 1 aromatic carbocycles. The summed E-state index contributed by atoms with van der Waals surface area (Å²) in [7, 11) is 0. The van der Waals surface area contributed by atoms with E-state index in [2.05, 4.69) is 0 Å². The molecule has 16 heavy (non-hydrogen) atoms. The number of rotatable bonds is 1. The summed E-state index contributed by atoms with van der Waals surface area (Å²) in [5.41, 5.74) is 0.615. The monoisotopic (exact) mass is 278 g/mol. The Morgan fingerprint density at radius 1 is 1.19 bits per heavy atom. The highest BCUT2D eigenvalue weighted by molar-refractivity contribution is 6.44. The lowest BCUT2D eigenvalue weighted by Gasteiger charge is -2.24. The molecule has 0 saturated carbocycles. The molecule has 1 unspecified atom stereocenters. The van der Waals surface area contributed by atoms with Crippen LogP contribution in [-0.4, -0.2) is 12.4 Å². The van der Waals surface area contributed by atoms with Gasteiger partial charge in [-0.3, -0.25) is 4.79 Å². The second-order valence-electron chi connectivity index (χ2n) is 3.61. The van der Waals surface area contributed by atoms with Crippen molar-refractivity contribution < 1.29 is 9.53 Å². The maximum atomic E-state index is 11.4. The summed E-state index contributed by atoms with van der Waals surface area (Å²) in [5, 5.41) is 1.27. The average molecular weight is 280 g/mol. The Morgan fingerprint density at radius 2 is 1.88 bits per heavy atom. The molecule has 86 valence electrons. The van der Waals surface area contributed by atoms with Crippen LogP contribution in [0.25, 0.3) is 0 Å². The lowest BCUT2D eigenvalue weighted by molar-refractivity contribution is -0.128. The molecular formula is C11H9Cl3O2. The number of ether oxygens (including phenoxy) is 1. The van der Waals surface area contributed by atoms with Gasteiger partial charge in [-0.15, -0.1) is 0 Å². The number of halogens is 3. The predicted molar refractivity (Wildman–Crippen MR) is 64.4 cm³/mol. The molecule has 1 aliphatic heterocycles. The van der Waals surface area contributed by atoms with Crippen LogP contribution in [0.2, 0.25) is 15.1 Å². The molecule has 0 bridgehead atoms. The van der Waals surface area contributed by atoms with Crippen LogP contribution < -0.4 is 0 Å². The van der Waals surface area contributed by atoms with Crippen molar-refractivity contribution in [2.75, 3.05) is 6.61 Å².